The van der Waals surface area contributed by atoms with Gasteiger partial charge in [-0.2, -0.15) is 0 Å². The topological polar surface area (TPSA) is 85.8 Å². The number of likely N-dealkylation sites (tertiary alicyclic amines) is 1. The number of aliphatic imine (C=N–C) groups is 1. The molecule has 26 heavy (non-hydrogen) atoms. The number of amides is 2. The number of nitrogens with one attached hydrogen (secondary N) is 3. The Balaban J connectivity index is 1.69. The standard InChI is InChI=1S/C19H35N5O2/c1-4-20-19(22-11-6-10-21-17(25)15-7-5-8-15)23-16-9-12-24(13-16)18(26)14(2)3/h14-16H,4-13H2,1-3H3,(H,21,25)(H2,20,22,23). The van der Waals surface area contributed by atoms with Crippen molar-refractivity contribution in [3.8, 4) is 0 Å². The Morgan fingerprint density at radius 1 is 1.19 bits per heavy atom. The molecule has 7 heteroatoms. The summed E-state index contributed by atoms with van der Waals surface area (Å²) in [4.78, 5) is 30.4. The molecular weight excluding hydrogens is 330 g/mol. The monoisotopic (exact) mass is 365 g/mol. The molecule has 1 unspecified atom stereocenters. The van der Waals surface area contributed by atoms with Crippen molar-refractivity contribution in [3.05, 3.63) is 0 Å². The summed E-state index contributed by atoms with van der Waals surface area (Å²) in [5.74, 6) is 1.51. The van der Waals surface area contributed by atoms with E-state index in [-0.39, 0.29) is 29.7 Å². The van der Waals surface area contributed by atoms with Crippen LogP contribution in [0, 0.1) is 11.8 Å². The van der Waals surface area contributed by atoms with E-state index in [1.54, 1.807) is 0 Å². The van der Waals surface area contributed by atoms with Gasteiger partial charge in [-0.1, -0.05) is 20.3 Å². The van der Waals surface area contributed by atoms with Crippen molar-refractivity contribution in [2.45, 2.75) is 58.9 Å². The minimum absolute atomic E-state index is 0.0470. The summed E-state index contributed by atoms with van der Waals surface area (Å²) in [7, 11) is 0. The number of carbonyl (C=O) groups is 2. The normalized spacial score (nSPS) is 20.8. The first kappa shape index (κ1) is 20.5. The number of rotatable bonds is 8. The lowest BCUT2D eigenvalue weighted by molar-refractivity contribution is -0.133. The molecule has 7 nitrogen and oxygen atoms in total. The van der Waals surface area contributed by atoms with E-state index < -0.39 is 0 Å². The van der Waals surface area contributed by atoms with E-state index in [1.807, 2.05) is 25.7 Å². The van der Waals surface area contributed by atoms with Gasteiger partial charge in [0, 0.05) is 50.6 Å². The molecular formula is C19H35N5O2. The van der Waals surface area contributed by atoms with Crippen molar-refractivity contribution in [2.75, 3.05) is 32.7 Å². The molecule has 0 spiro atoms. The molecule has 1 saturated carbocycles. The zero-order valence-electron chi connectivity index (χ0n) is 16.5. The highest BCUT2D eigenvalue weighted by Gasteiger charge is 2.28. The van der Waals surface area contributed by atoms with Gasteiger partial charge < -0.3 is 20.9 Å². The molecule has 2 aliphatic rings. The van der Waals surface area contributed by atoms with Gasteiger partial charge in [0.2, 0.25) is 11.8 Å². The highest BCUT2D eigenvalue weighted by atomic mass is 16.2. The fourth-order valence-electron chi connectivity index (χ4n) is 3.25. The van der Waals surface area contributed by atoms with Gasteiger partial charge in [0.05, 0.1) is 0 Å². The maximum atomic E-state index is 12.1. The van der Waals surface area contributed by atoms with Gasteiger partial charge in [0.15, 0.2) is 5.96 Å². The molecule has 148 valence electrons. The molecule has 0 radical (unpaired) electrons. The van der Waals surface area contributed by atoms with Crippen LogP contribution in [0.25, 0.3) is 0 Å². The smallest absolute Gasteiger partial charge is 0.225 e. The summed E-state index contributed by atoms with van der Waals surface area (Å²) in [6.07, 6.45) is 5.03. The zero-order chi connectivity index (χ0) is 18.9. The van der Waals surface area contributed by atoms with Gasteiger partial charge in [-0.25, -0.2) is 0 Å². The Kier molecular flexibility index (Phi) is 8.19. The SMILES string of the molecule is CCNC(=NCCCNC(=O)C1CCC1)NC1CCN(C(=O)C(C)C)C1. The summed E-state index contributed by atoms with van der Waals surface area (Å²) in [5, 5.41) is 9.69. The van der Waals surface area contributed by atoms with E-state index in [9.17, 15) is 9.59 Å². The Bertz CT molecular complexity index is 502. The van der Waals surface area contributed by atoms with Crippen LogP contribution >= 0.6 is 0 Å². The number of nitrogens with zero attached hydrogens (tertiary/aromatic N) is 2. The Labute approximate surface area is 157 Å². The van der Waals surface area contributed by atoms with Gasteiger partial charge in [-0.05, 0) is 32.6 Å². The van der Waals surface area contributed by atoms with Crippen LogP contribution < -0.4 is 16.0 Å². The van der Waals surface area contributed by atoms with E-state index in [0.29, 0.717) is 13.1 Å². The van der Waals surface area contributed by atoms with Crippen LogP contribution in [-0.2, 0) is 9.59 Å². The molecule has 1 heterocycles. The summed E-state index contributed by atoms with van der Waals surface area (Å²) in [6.45, 7) is 9.61. The average Bonchev–Trinajstić information content (AvgIpc) is 3.00. The summed E-state index contributed by atoms with van der Waals surface area (Å²) in [5.41, 5.74) is 0. The fourth-order valence-corrected chi connectivity index (χ4v) is 3.25. The van der Waals surface area contributed by atoms with E-state index in [0.717, 1.165) is 51.3 Å². The summed E-state index contributed by atoms with van der Waals surface area (Å²) < 4.78 is 0. The molecule has 2 amide bonds. The second-order valence-electron chi connectivity index (χ2n) is 7.60. The third kappa shape index (κ3) is 6.18. The van der Waals surface area contributed by atoms with E-state index >= 15 is 0 Å². The molecule has 2 fully saturated rings. The van der Waals surface area contributed by atoms with Crippen LogP contribution in [0.4, 0.5) is 0 Å². The van der Waals surface area contributed by atoms with Gasteiger partial charge in [0.1, 0.15) is 0 Å². The molecule has 1 aliphatic carbocycles. The summed E-state index contributed by atoms with van der Waals surface area (Å²) >= 11 is 0. The van der Waals surface area contributed by atoms with Gasteiger partial charge in [-0.15, -0.1) is 0 Å². The third-order valence-electron chi connectivity index (χ3n) is 5.06. The maximum Gasteiger partial charge on any atom is 0.225 e. The molecule has 0 aromatic rings. The minimum Gasteiger partial charge on any atom is -0.357 e. The Morgan fingerprint density at radius 2 is 1.96 bits per heavy atom. The Hall–Kier alpha value is -1.79. The minimum atomic E-state index is 0.0470. The van der Waals surface area contributed by atoms with Crippen LogP contribution in [0.1, 0.15) is 52.9 Å². The second kappa shape index (κ2) is 10.4. The predicted octanol–water partition coefficient (Wildman–Crippen LogP) is 1.10. The molecule has 1 saturated heterocycles. The van der Waals surface area contributed by atoms with Crippen molar-refractivity contribution in [1.82, 2.24) is 20.9 Å². The predicted molar refractivity (Wildman–Crippen MR) is 104 cm³/mol. The van der Waals surface area contributed by atoms with Crippen LogP contribution in [0.5, 0.6) is 0 Å². The largest absolute Gasteiger partial charge is 0.357 e. The first-order valence-corrected chi connectivity index (χ1v) is 10.1. The molecule has 1 aliphatic heterocycles. The first-order valence-electron chi connectivity index (χ1n) is 10.1. The lowest BCUT2D eigenvalue weighted by Crippen LogP contribution is -2.45. The molecule has 0 bridgehead atoms. The van der Waals surface area contributed by atoms with E-state index in [1.165, 1.54) is 6.42 Å². The third-order valence-corrected chi connectivity index (χ3v) is 5.06. The second-order valence-corrected chi connectivity index (χ2v) is 7.60. The van der Waals surface area contributed by atoms with Gasteiger partial charge in [0.25, 0.3) is 0 Å². The lowest BCUT2D eigenvalue weighted by atomic mass is 9.85. The first-order chi connectivity index (χ1) is 12.5. The number of hydrogen-bond acceptors (Lipinski definition) is 3. The van der Waals surface area contributed by atoms with Crippen LogP contribution in [0.3, 0.4) is 0 Å². The molecule has 0 aromatic heterocycles. The van der Waals surface area contributed by atoms with Gasteiger partial charge >= 0.3 is 0 Å². The summed E-state index contributed by atoms with van der Waals surface area (Å²) in [6, 6.07) is 0.244. The molecule has 2 rings (SSSR count). The number of guanidine groups is 1. The van der Waals surface area contributed by atoms with Crippen molar-refractivity contribution in [2.24, 2.45) is 16.8 Å². The highest BCUT2D eigenvalue weighted by molar-refractivity contribution is 5.81. The van der Waals surface area contributed by atoms with Crippen molar-refractivity contribution < 1.29 is 9.59 Å². The fraction of sp³-hybridized carbons (Fsp3) is 0.842. The van der Waals surface area contributed by atoms with Crippen molar-refractivity contribution >= 4 is 17.8 Å². The number of hydrogen-bond donors (Lipinski definition) is 3. The Morgan fingerprint density at radius 3 is 2.58 bits per heavy atom. The molecule has 0 aromatic carbocycles. The van der Waals surface area contributed by atoms with Crippen molar-refractivity contribution in [3.63, 3.8) is 0 Å². The highest BCUT2D eigenvalue weighted by Crippen LogP contribution is 2.26. The number of carbonyl (C=O) groups excluding carboxylic acids is 2. The van der Waals surface area contributed by atoms with Crippen LogP contribution in [0.2, 0.25) is 0 Å². The maximum absolute atomic E-state index is 12.1. The van der Waals surface area contributed by atoms with E-state index in [2.05, 4.69) is 20.9 Å². The molecule has 3 N–H and O–H groups in total. The zero-order valence-corrected chi connectivity index (χ0v) is 16.5. The van der Waals surface area contributed by atoms with E-state index in [4.69, 9.17) is 0 Å². The lowest BCUT2D eigenvalue weighted by Gasteiger charge is -2.23. The molecule has 1 atom stereocenters. The van der Waals surface area contributed by atoms with Gasteiger partial charge in [-0.3, -0.25) is 14.6 Å². The van der Waals surface area contributed by atoms with Crippen molar-refractivity contribution in [1.29, 1.82) is 0 Å². The van der Waals surface area contributed by atoms with Crippen LogP contribution in [0.15, 0.2) is 4.99 Å². The quantitative estimate of drug-likeness (QED) is 0.342. The van der Waals surface area contributed by atoms with Crippen LogP contribution in [-0.4, -0.2) is 61.4 Å². The average molecular weight is 366 g/mol.